The van der Waals surface area contributed by atoms with E-state index >= 15 is 0 Å². The molecule has 1 aliphatic rings. The first-order valence-electron chi connectivity index (χ1n) is 5.84. The predicted octanol–water partition coefficient (Wildman–Crippen LogP) is 0.0901. The van der Waals surface area contributed by atoms with Crippen molar-refractivity contribution in [2.75, 3.05) is 11.5 Å². The van der Waals surface area contributed by atoms with Crippen LogP contribution in [0, 0.1) is 0 Å². The Bertz CT molecular complexity index is 692. The number of pyridine rings is 1. The molecule has 1 atom stereocenters. The summed E-state index contributed by atoms with van der Waals surface area (Å²) in [5, 5.41) is 8.23. The first kappa shape index (κ1) is 11.6. The Morgan fingerprint density at radius 2 is 2.22 bits per heavy atom. The molecule has 1 saturated heterocycles. The van der Waals surface area contributed by atoms with Crippen molar-refractivity contribution in [3.63, 3.8) is 0 Å². The Labute approximate surface area is 105 Å². The highest BCUT2D eigenvalue weighted by molar-refractivity contribution is 7.91. The molecule has 0 aliphatic carbocycles. The van der Waals surface area contributed by atoms with Gasteiger partial charge in [-0.2, -0.15) is 0 Å². The standard InChI is InChI=1S/C11H14N4O2S/c12-6-9-2-1-3-10-13-14-11(15(9)10)8-4-5-18(16,17)7-8/h1-3,8H,4-7,12H2. The highest BCUT2D eigenvalue weighted by atomic mass is 32.2. The molecule has 0 bridgehead atoms. The highest BCUT2D eigenvalue weighted by Crippen LogP contribution is 2.28. The smallest absolute Gasteiger partial charge is 0.161 e. The van der Waals surface area contributed by atoms with Crippen molar-refractivity contribution in [1.82, 2.24) is 14.6 Å². The zero-order chi connectivity index (χ0) is 12.8. The van der Waals surface area contributed by atoms with Gasteiger partial charge in [0.1, 0.15) is 5.82 Å². The molecular formula is C11H14N4O2S. The lowest BCUT2D eigenvalue weighted by molar-refractivity contribution is 0.600. The van der Waals surface area contributed by atoms with Crippen molar-refractivity contribution < 1.29 is 8.42 Å². The minimum Gasteiger partial charge on any atom is -0.325 e. The summed E-state index contributed by atoms with van der Waals surface area (Å²) in [5.74, 6) is 1.04. The summed E-state index contributed by atoms with van der Waals surface area (Å²) in [6.07, 6.45) is 0.613. The van der Waals surface area contributed by atoms with Gasteiger partial charge in [0.05, 0.1) is 11.5 Å². The van der Waals surface area contributed by atoms with E-state index in [9.17, 15) is 8.42 Å². The number of aromatic nitrogens is 3. The molecule has 1 unspecified atom stereocenters. The van der Waals surface area contributed by atoms with E-state index in [1.165, 1.54) is 0 Å². The van der Waals surface area contributed by atoms with E-state index in [4.69, 9.17) is 5.73 Å². The molecule has 0 saturated carbocycles. The number of fused-ring (bicyclic) bond motifs is 1. The van der Waals surface area contributed by atoms with Gasteiger partial charge in [0.2, 0.25) is 0 Å². The van der Waals surface area contributed by atoms with E-state index in [2.05, 4.69) is 10.2 Å². The van der Waals surface area contributed by atoms with E-state index in [0.717, 1.165) is 11.3 Å². The molecule has 0 aromatic carbocycles. The van der Waals surface area contributed by atoms with E-state index in [-0.39, 0.29) is 17.4 Å². The summed E-state index contributed by atoms with van der Waals surface area (Å²) in [6.45, 7) is 0.377. The van der Waals surface area contributed by atoms with Crippen LogP contribution in [0.4, 0.5) is 0 Å². The lowest BCUT2D eigenvalue weighted by Crippen LogP contribution is -2.11. The molecule has 2 aromatic rings. The Kier molecular flexibility index (Phi) is 2.60. The third-order valence-electron chi connectivity index (χ3n) is 3.34. The Balaban J connectivity index is 2.13. The molecule has 1 fully saturated rings. The number of sulfone groups is 1. The Morgan fingerprint density at radius 3 is 2.89 bits per heavy atom. The summed E-state index contributed by atoms with van der Waals surface area (Å²) >= 11 is 0. The molecule has 2 N–H and O–H groups in total. The molecule has 0 radical (unpaired) electrons. The van der Waals surface area contributed by atoms with Gasteiger partial charge in [-0.25, -0.2) is 8.42 Å². The molecule has 0 amide bonds. The van der Waals surface area contributed by atoms with Crippen molar-refractivity contribution in [2.24, 2.45) is 5.73 Å². The van der Waals surface area contributed by atoms with Crippen molar-refractivity contribution in [2.45, 2.75) is 18.9 Å². The number of nitrogens with zero attached hydrogens (tertiary/aromatic N) is 3. The first-order chi connectivity index (χ1) is 8.61. The minimum atomic E-state index is -2.92. The summed E-state index contributed by atoms with van der Waals surface area (Å²) in [6, 6.07) is 5.63. The van der Waals surface area contributed by atoms with Crippen LogP contribution in [0.15, 0.2) is 18.2 Å². The molecule has 1 aliphatic heterocycles. The van der Waals surface area contributed by atoms with Crippen LogP contribution in [0.5, 0.6) is 0 Å². The third kappa shape index (κ3) is 1.79. The number of hydrogen-bond acceptors (Lipinski definition) is 5. The van der Waals surface area contributed by atoms with Gasteiger partial charge in [-0.1, -0.05) is 6.07 Å². The third-order valence-corrected chi connectivity index (χ3v) is 5.11. The number of nitrogens with two attached hydrogens (primary N) is 1. The van der Waals surface area contributed by atoms with Gasteiger partial charge >= 0.3 is 0 Å². The lowest BCUT2D eigenvalue weighted by atomic mass is 10.1. The van der Waals surface area contributed by atoms with Crippen LogP contribution in [0.1, 0.15) is 23.9 Å². The molecule has 96 valence electrons. The minimum absolute atomic E-state index is 0.0716. The second-order valence-corrected chi connectivity index (χ2v) is 6.80. The van der Waals surface area contributed by atoms with Crippen LogP contribution in [0.2, 0.25) is 0 Å². The van der Waals surface area contributed by atoms with E-state index < -0.39 is 9.84 Å². The summed E-state index contributed by atoms with van der Waals surface area (Å²) < 4.78 is 25.0. The number of hydrogen-bond donors (Lipinski definition) is 1. The molecule has 2 aromatic heterocycles. The zero-order valence-electron chi connectivity index (χ0n) is 9.78. The molecular weight excluding hydrogens is 252 g/mol. The summed E-state index contributed by atoms with van der Waals surface area (Å²) in [5.41, 5.74) is 7.32. The maximum atomic E-state index is 11.5. The van der Waals surface area contributed by atoms with Gasteiger partial charge in [0.15, 0.2) is 15.5 Å². The van der Waals surface area contributed by atoms with Crippen molar-refractivity contribution in [3.05, 3.63) is 29.7 Å². The monoisotopic (exact) mass is 266 g/mol. The van der Waals surface area contributed by atoms with Crippen LogP contribution in [-0.2, 0) is 16.4 Å². The van der Waals surface area contributed by atoms with Gasteiger partial charge in [-0.15, -0.1) is 10.2 Å². The van der Waals surface area contributed by atoms with Crippen LogP contribution in [0.3, 0.4) is 0 Å². The van der Waals surface area contributed by atoms with Gasteiger partial charge < -0.3 is 5.73 Å². The fraction of sp³-hybridized carbons (Fsp3) is 0.455. The van der Waals surface area contributed by atoms with Crippen molar-refractivity contribution >= 4 is 15.5 Å². The van der Waals surface area contributed by atoms with Gasteiger partial charge in [-0.05, 0) is 18.6 Å². The maximum absolute atomic E-state index is 11.5. The van der Waals surface area contributed by atoms with E-state index in [0.29, 0.717) is 18.8 Å². The van der Waals surface area contributed by atoms with E-state index in [1.54, 1.807) is 0 Å². The van der Waals surface area contributed by atoms with Gasteiger partial charge in [-0.3, -0.25) is 4.40 Å². The second kappa shape index (κ2) is 4.03. The quantitative estimate of drug-likeness (QED) is 0.832. The lowest BCUT2D eigenvalue weighted by Gasteiger charge is -2.09. The molecule has 7 heteroatoms. The van der Waals surface area contributed by atoms with Gasteiger partial charge in [0.25, 0.3) is 0 Å². The van der Waals surface area contributed by atoms with Crippen molar-refractivity contribution in [3.8, 4) is 0 Å². The molecule has 18 heavy (non-hydrogen) atoms. The maximum Gasteiger partial charge on any atom is 0.161 e. The normalized spacial score (nSPS) is 22.6. The summed E-state index contributed by atoms with van der Waals surface area (Å²) in [7, 11) is -2.92. The fourth-order valence-corrected chi connectivity index (χ4v) is 4.19. The van der Waals surface area contributed by atoms with Crippen LogP contribution < -0.4 is 5.73 Å². The highest BCUT2D eigenvalue weighted by Gasteiger charge is 2.32. The zero-order valence-corrected chi connectivity index (χ0v) is 10.6. The molecule has 0 spiro atoms. The van der Waals surface area contributed by atoms with Crippen LogP contribution in [-0.4, -0.2) is 34.5 Å². The van der Waals surface area contributed by atoms with Crippen LogP contribution >= 0.6 is 0 Å². The van der Waals surface area contributed by atoms with E-state index in [1.807, 2.05) is 22.6 Å². The number of rotatable bonds is 2. The SMILES string of the molecule is NCc1cccc2nnc(C3CCS(=O)(=O)C3)n12. The fourth-order valence-electron chi connectivity index (χ4n) is 2.45. The van der Waals surface area contributed by atoms with Crippen molar-refractivity contribution in [1.29, 1.82) is 0 Å². The van der Waals surface area contributed by atoms with Crippen LogP contribution in [0.25, 0.3) is 5.65 Å². The average Bonchev–Trinajstić information content (AvgIpc) is 2.91. The average molecular weight is 266 g/mol. The van der Waals surface area contributed by atoms with Gasteiger partial charge in [0, 0.05) is 18.2 Å². The molecule has 3 rings (SSSR count). The second-order valence-electron chi connectivity index (χ2n) is 4.57. The first-order valence-corrected chi connectivity index (χ1v) is 7.66. The summed E-state index contributed by atoms with van der Waals surface area (Å²) in [4.78, 5) is 0. The molecule has 6 nitrogen and oxygen atoms in total. The Hall–Kier alpha value is -1.47. The Morgan fingerprint density at radius 1 is 1.39 bits per heavy atom. The largest absolute Gasteiger partial charge is 0.325 e. The molecule has 3 heterocycles. The topological polar surface area (TPSA) is 90.3 Å². The predicted molar refractivity (Wildman–Crippen MR) is 66.9 cm³/mol.